The molecule has 0 aliphatic rings. The minimum absolute atomic E-state index is 0.153. The van der Waals surface area contributed by atoms with E-state index in [2.05, 4.69) is 75.9 Å². The highest BCUT2D eigenvalue weighted by atomic mass is 32.2. The van der Waals surface area contributed by atoms with Crippen molar-refractivity contribution in [3.63, 3.8) is 0 Å². The minimum atomic E-state index is 0.153. The number of aromatic nitrogens is 1. The van der Waals surface area contributed by atoms with Crippen LogP contribution < -0.4 is 4.90 Å². The van der Waals surface area contributed by atoms with Crippen molar-refractivity contribution in [2.75, 3.05) is 36.8 Å². The molecule has 0 N–H and O–H groups in total. The van der Waals surface area contributed by atoms with Crippen LogP contribution in [0.5, 0.6) is 0 Å². The van der Waals surface area contributed by atoms with Gasteiger partial charge in [0.1, 0.15) is 0 Å². The molecule has 3 rings (SSSR count). The second-order valence-electron chi connectivity index (χ2n) is 7.91. The summed E-state index contributed by atoms with van der Waals surface area (Å²) in [6.07, 6.45) is 0.505. The molecule has 6 heteroatoms. The van der Waals surface area contributed by atoms with Crippen molar-refractivity contribution in [3.05, 3.63) is 53.1 Å². The van der Waals surface area contributed by atoms with Gasteiger partial charge in [-0.25, -0.2) is 4.98 Å². The van der Waals surface area contributed by atoms with Gasteiger partial charge in [-0.05, 0) is 63.2 Å². The lowest BCUT2D eigenvalue weighted by Crippen LogP contribution is -2.39. The van der Waals surface area contributed by atoms with Crippen LogP contribution in [0.2, 0.25) is 0 Å². The summed E-state index contributed by atoms with van der Waals surface area (Å²) in [5.41, 5.74) is 4.67. The number of hydrogen-bond donors (Lipinski definition) is 0. The first-order chi connectivity index (χ1) is 14.9. The minimum Gasteiger partial charge on any atom is -0.302 e. The topological polar surface area (TPSA) is 36.4 Å². The van der Waals surface area contributed by atoms with E-state index in [1.165, 1.54) is 21.6 Å². The van der Waals surface area contributed by atoms with Gasteiger partial charge in [-0.3, -0.25) is 9.69 Å². The van der Waals surface area contributed by atoms with Gasteiger partial charge in [0.25, 0.3) is 0 Å². The van der Waals surface area contributed by atoms with Gasteiger partial charge in [0.2, 0.25) is 5.91 Å². The number of aryl methyl sites for hydroxylation is 3. The SMILES string of the molecule is CCN(CC)CCN(C(=O)CCSc1ccc(C)cc1)c1nc2c(C)cc(C)cc2s1. The third-order valence-corrected chi connectivity index (χ3v) is 7.53. The molecule has 4 nitrogen and oxygen atoms in total. The summed E-state index contributed by atoms with van der Waals surface area (Å²) in [5.74, 6) is 0.923. The maximum Gasteiger partial charge on any atom is 0.229 e. The summed E-state index contributed by atoms with van der Waals surface area (Å²) in [6.45, 7) is 14.1. The fourth-order valence-electron chi connectivity index (χ4n) is 3.61. The van der Waals surface area contributed by atoms with E-state index < -0.39 is 0 Å². The molecule has 0 saturated heterocycles. The highest BCUT2D eigenvalue weighted by Gasteiger charge is 2.21. The molecule has 0 fully saturated rings. The molecule has 0 unspecified atom stereocenters. The van der Waals surface area contributed by atoms with Gasteiger partial charge in [-0.2, -0.15) is 0 Å². The Bertz CT molecular complexity index is 1010. The summed E-state index contributed by atoms with van der Waals surface area (Å²) in [7, 11) is 0. The average Bonchev–Trinajstić information content (AvgIpc) is 3.16. The number of carbonyl (C=O) groups excluding carboxylic acids is 1. The largest absolute Gasteiger partial charge is 0.302 e. The Kier molecular flexibility index (Phi) is 8.52. The number of thioether (sulfide) groups is 1. The van der Waals surface area contributed by atoms with Crippen LogP contribution in [0.15, 0.2) is 41.3 Å². The molecule has 2 aromatic carbocycles. The molecule has 166 valence electrons. The number of rotatable bonds is 10. The summed E-state index contributed by atoms with van der Waals surface area (Å²) in [4.78, 5) is 23.6. The van der Waals surface area contributed by atoms with Crippen molar-refractivity contribution in [2.24, 2.45) is 0 Å². The maximum absolute atomic E-state index is 13.3. The van der Waals surface area contributed by atoms with Crippen molar-refractivity contribution >= 4 is 44.4 Å². The van der Waals surface area contributed by atoms with Gasteiger partial charge < -0.3 is 4.90 Å². The van der Waals surface area contributed by atoms with Crippen molar-refractivity contribution in [1.82, 2.24) is 9.88 Å². The zero-order valence-electron chi connectivity index (χ0n) is 19.3. The second-order valence-corrected chi connectivity index (χ2v) is 10.1. The van der Waals surface area contributed by atoms with Crippen molar-refractivity contribution in [1.29, 1.82) is 0 Å². The van der Waals surface area contributed by atoms with Gasteiger partial charge in [-0.1, -0.05) is 48.9 Å². The first kappa shape index (κ1) is 23.8. The number of thiazole rings is 1. The van der Waals surface area contributed by atoms with E-state index in [4.69, 9.17) is 4.98 Å². The Balaban J connectivity index is 1.76. The number of benzene rings is 2. The van der Waals surface area contributed by atoms with Crippen LogP contribution in [-0.2, 0) is 4.79 Å². The second kappa shape index (κ2) is 11.1. The van der Waals surface area contributed by atoms with Gasteiger partial charge in [0, 0.05) is 30.2 Å². The molecule has 0 bridgehead atoms. The van der Waals surface area contributed by atoms with Crippen molar-refractivity contribution in [3.8, 4) is 0 Å². The molecule has 1 aromatic heterocycles. The molecule has 0 saturated carbocycles. The molecular weight excluding hydrogens is 422 g/mol. The highest BCUT2D eigenvalue weighted by molar-refractivity contribution is 7.99. The lowest BCUT2D eigenvalue weighted by atomic mass is 10.1. The van der Waals surface area contributed by atoms with Gasteiger partial charge >= 0.3 is 0 Å². The number of amides is 1. The van der Waals surface area contributed by atoms with E-state index >= 15 is 0 Å². The molecule has 0 aliphatic carbocycles. The predicted molar refractivity (Wildman–Crippen MR) is 136 cm³/mol. The predicted octanol–water partition coefficient (Wildman–Crippen LogP) is 6.08. The Morgan fingerprint density at radius 3 is 2.39 bits per heavy atom. The first-order valence-corrected chi connectivity index (χ1v) is 12.8. The third-order valence-electron chi connectivity index (χ3n) is 5.49. The van der Waals surface area contributed by atoms with Crippen molar-refractivity contribution in [2.45, 2.75) is 45.9 Å². The summed E-state index contributed by atoms with van der Waals surface area (Å²) in [5, 5.41) is 0.821. The van der Waals surface area contributed by atoms with Crippen molar-refractivity contribution < 1.29 is 4.79 Å². The van der Waals surface area contributed by atoms with E-state index in [1.54, 1.807) is 23.1 Å². The fraction of sp³-hybridized carbons (Fsp3) is 0.440. The molecule has 0 spiro atoms. The molecule has 0 atom stereocenters. The van der Waals surface area contributed by atoms with E-state index in [1.807, 2.05) is 4.90 Å². The zero-order chi connectivity index (χ0) is 22.4. The molecular formula is C25H33N3OS2. The quantitative estimate of drug-likeness (QED) is 0.347. The zero-order valence-corrected chi connectivity index (χ0v) is 20.9. The van der Waals surface area contributed by atoms with E-state index in [0.29, 0.717) is 13.0 Å². The fourth-order valence-corrected chi connectivity index (χ4v) is 5.63. The van der Waals surface area contributed by atoms with Crippen LogP contribution >= 0.6 is 23.1 Å². The van der Waals surface area contributed by atoms with Crippen LogP contribution in [0.25, 0.3) is 10.2 Å². The van der Waals surface area contributed by atoms with Crippen LogP contribution in [0.4, 0.5) is 5.13 Å². The summed E-state index contributed by atoms with van der Waals surface area (Å²) in [6, 6.07) is 12.8. The number of fused-ring (bicyclic) bond motifs is 1. The lowest BCUT2D eigenvalue weighted by Gasteiger charge is -2.24. The number of nitrogens with zero attached hydrogens (tertiary/aromatic N) is 3. The standard InChI is InChI=1S/C25H33N3OS2/c1-6-27(7-2)13-14-28(23(29)12-15-30-21-10-8-18(3)9-11-21)25-26-24-20(5)16-19(4)17-22(24)31-25/h8-11,16-17H,6-7,12-15H2,1-5H3. The number of anilines is 1. The third kappa shape index (κ3) is 6.31. The van der Waals surface area contributed by atoms with Gasteiger partial charge in [0.15, 0.2) is 5.13 Å². The lowest BCUT2D eigenvalue weighted by molar-refractivity contribution is -0.118. The molecule has 3 aromatic rings. The van der Waals surface area contributed by atoms with Crippen LogP contribution in [-0.4, -0.2) is 47.7 Å². The average molecular weight is 456 g/mol. The Hall–Kier alpha value is -1.89. The van der Waals surface area contributed by atoms with Crippen LogP contribution in [0, 0.1) is 20.8 Å². The van der Waals surface area contributed by atoms with E-state index in [-0.39, 0.29) is 5.91 Å². The highest BCUT2D eigenvalue weighted by Crippen LogP contribution is 2.32. The maximum atomic E-state index is 13.3. The number of hydrogen-bond acceptors (Lipinski definition) is 5. The molecule has 0 radical (unpaired) electrons. The smallest absolute Gasteiger partial charge is 0.229 e. The van der Waals surface area contributed by atoms with Crippen LogP contribution in [0.1, 0.15) is 37.0 Å². The number of likely N-dealkylation sites (N-methyl/N-ethyl adjacent to an activating group) is 1. The Labute approximate surface area is 194 Å². The Morgan fingerprint density at radius 1 is 1.00 bits per heavy atom. The summed E-state index contributed by atoms with van der Waals surface area (Å²) >= 11 is 3.37. The molecule has 1 heterocycles. The summed E-state index contributed by atoms with van der Waals surface area (Å²) < 4.78 is 1.15. The van der Waals surface area contributed by atoms with E-state index in [0.717, 1.165) is 40.7 Å². The normalized spacial score (nSPS) is 11.4. The van der Waals surface area contributed by atoms with Gasteiger partial charge in [0.05, 0.1) is 10.2 Å². The monoisotopic (exact) mass is 455 g/mol. The Morgan fingerprint density at radius 2 is 1.71 bits per heavy atom. The number of carbonyl (C=O) groups is 1. The molecule has 1 amide bonds. The molecule has 0 aliphatic heterocycles. The molecule has 31 heavy (non-hydrogen) atoms. The van der Waals surface area contributed by atoms with E-state index in [9.17, 15) is 4.79 Å². The first-order valence-electron chi connectivity index (χ1n) is 11.0. The van der Waals surface area contributed by atoms with Crippen LogP contribution in [0.3, 0.4) is 0 Å². The van der Waals surface area contributed by atoms with Gasteiger partial charge in [-0.15, -0.1) is 11.8 Å².